The molecule has 0 unspecified atom stereocenters. The predicted octanol–water partition coefficient (Wildman–Crippen LogP) is 4.78. The number of fused-ring (bicyclic) bond motifs is 1. The van der Waals surface area contributed by atoms with Gasteiger partial charge < -0.3 is 10.6 Å². The number of thioether (sulfide) groups is 1. The van der Waals surface area contributed by atoms with Gasteiger partial charge in [-0.05, 0) is 61.0 Å². The number of hydrogen-bond acceptors (Lipinski definition) is 5. The number of carbonyl (C=O) groups excluding carboxylic acids is 2. The number of carbonyl (C=O) groups is 2. The highest BCUT2D eigenvalue weighted by molar-refractivity contribution is 9.10. The first kappa shape index (κ1) is 21.1. The second-order valence-corrected chi connectivity index (χ2v) is 8.65. The fraction of sp³-hybridized carbons (Fsp3) is 0.0909. The SMILES string of the molecule is Cc1cccc(NC(=O)c2ccc3nnc(SCC(=O)Nc4ccc(Br)cc4)n3c2)c1. The second-order valence-electron chi connectivity index (χ2n) is 6.80. The largest absolute Gasteiger partial charge is 0.325 e. The Morgan fingerprint density at radius 3 is 2.58 bits per heavy atom. The van der Waals surface area contributed by atoms with Crippen LogP contribution < -0.4 is 10.6 Å². The zero-order chi connectivity index (χ0) is 21.8. The molecule has 9 heteroatoms. The number of amides is 2. The van der Waals surface area contributed by atoms with Gasteiger partial charge in [-0.25, -0.2) is 0 Å². The molecule has 0 fully saturated rings. The monoisotopic (exact) mass is 495 g/mol. The van der Waals surface area contributed by atoms with Gasteiger partial charge >= 0.3 is 0 Å². The lowest BCUT2D eigenvalue weighted by Gasteiger charge is -2.07. The van der Waals surface area contributed by atoms with E-state index >= 15 is 0 Å². The minimum atomic E-state index is -0.231. The highest BCUT2D eigenvalue weighted by atomic mass is 79.9. The van der Waals surface area contributed by atoms with Crippen LogP contribution in [0.15, 0.2) is 76.5 Å². The summed E-state index contributed by atoms with van der Waals surface area (Å²) in [7, 11) is 0. The molecule has 0 radical (unpaired) electrons. The minimum absolute atomic E-state index is 0.155. The molecule has 0 aliphatic heterocycles. The maximum absolute atomic E-state index is 12.7. The number of hydrogen-bond donors (Lipinski definition) is 2. The van der Waals surface area contributed by atoms with E-state index in [1.54, 1.807) is 22.7 Å². The molecule has 0 saturated heterocycles. The molecule has 0 aliphatic carbocycles. The molecule has 2 heterocycles. The first-order valence-electron chi connectivity index (χ1n) is 9.39. The molecule has 0 spiro atoms. The van der Waals surface area contributed by atoms with E-state index in [1.165, 1.54) is 11.8 Å². The van der Waals surface area contributed by atoms with Crippen molar-refractivity contribution in [1.29, 1.82) is 0 Å². The number of rotatable bonds is 6. The highest BCUT2D eigenvalue weighted by Gasteiger charge is 2.13. The molecule has 31 heavy (non-hydrogen) atoms. The number of pyridine rings is 1. The molecule has 2 aromatic carbocycles. The quantitative estimate of drug-likeness (QED) is 0.375. The molecule has 0 atom stereocenters. The summed E-state index contributed by atoms with van der Waals surface area (Å²) in [5.74, 6) is -0.223. The summed E-state index contributed by atoms with van der Waals surface area (Å²) >= 11 is 4.62. The van der Waals surface area contributed by atoms with Crippen molar-refractivity contribution in [3.8, 4) is 0 Å². The normalized spacial score (nSPS) is 10.8. The van der Waals surface area contributed by atoms with Crippen molar-refractivity contribution in [3.63, 3.8) is 0 Å². The Morgan fingerprint density at radius 1 is 1.00 bits per heavy atom. The lowest BCUT2D eigenvalue weighted by Crippen LogP contribution is -2.14. The first-order chi connectivity index (χ1) is 15.0. The molecule has 4 aromatic rings. The van der Waals surface area contributed by atoms with Gasteiger partial charge in [0.2, 0.25) is 5.91 Å². The maximum Gasteiger partial charge on any atom is 0.257 e. The maximum atomic E-state index is 12.7. The second kappa shape index (κ2) is 9.32. The number of nitrogens with zero attached hydrogens (tertiary/aromatic N) is 3. The fourth-order valence-corrected chi connectivity index (χ4v) is 3.87. The highest BCUT2D eigenvalue weighted by Crippen LogP contribution is 2.20. The van der Waals surface area contributed by atoms with Crippen molar-refractivity contribution < 1.29 is 9.59 Å². The molecule has 2 N–H and O–H groups in total. The number of anilines is 2. The average molecular weight is 496 g/mol. The Morgan fingerprint density at radius 2 is 1.81 bits per heavy atom. The molecule has 0 saturated carbocycles. The Labute approximate surface area is 191 Å². The van der Waals surface area contributed by atoms with E-state index in [9.17, 15) is 9.59 Å². The number of benzene rings is 2. The van der Waals surface area contributed by atoms with Gasteiger partial charge in [0.25, 0.3) is 5.91 Å². The van der Waals surface area contributed by atoms with Crippen LogP contribution in [-0.2, 0) is 4.79 Å². The van der Waals surface area contributed by atoms with Crippen LogP contribution in [-0.4, -0.2) is 32.2 Å². The van der Waals surface area contributed by atoms with Crippen LogP contribution in [0.5, 0.6) is 0 Å². The van der Waals surface area contributed by atoms with Crippen LogP contribution in [0.3, 0.4) is 0 Å². The van der Waals surface area contributed by atoms with Gasteiger partial charge in [-0.15, -0.1) is 10.2 Å². The summed E-state index contributed by atoms with van der Waals surface area (Å²) in [6.45, 7) is 1.97. The van der Waals surface area contributed by atoms with Crippen LogP contribution in [0.4, 0.5) is 11.4 Å². The molecule has 0 bridgehead atoms. The van der Waals surface area contributed by atoms with Crippen LogP contribution >= 0.6 is 27.7 Å². The molecular weight excluding hydrogens is 478 g/mol. The van der Waals surface area contributed by atoms with Crippen LogP contribution in [0, 0.1) is 6.92 Å². The van der Waals surface area contributed by atoms with Crippen molar-refractivity contribution in [1.82, 2.24) is 14.6 Å². The Kier molecular flexibility index (Phi) is 6.34. The zero-order valence-corrected chi connectivity index (χ0v) is 18.9. The molecular formula is C22H18BrN5O2S. The third kappa shape index (κ3) is 5.31. The fourth-order valence-electron chi connectivity index (χ4n) is 2.89. The van der Waals surface area contributed by atoms with Crippen molar-refractivity contribution in [2.75, 3.05) is 16.4 Å². The van der Waals surface area contributed by atoms with Gasteiger partial charge in [0, 0.05) is 22.0 Å². The van der Waals surface area contributed by atoms with Crippen LogP contribution in [0.1, 0.15) is 15.9 Å². The van der Waals surface area contributed by atoms with Crippen molar-refractivity contribution in [2.45, 2.75) is 12.1 Å². The van der Waals surface area contributed by atoms with Gasteiger partial charge in [-0.2, -0.15) is 0 Å². The Hall–Kier alpha value is -3.17. The van der Waals surface area contributed by atoms with E-state index in [1.807, 2.05) is 55.5 Å². The van der Waals surface area contributed by atoms with E-state index in [2.05, 4.69) is 36.8 Å². The van der Waals surface area contributed by atoms with Gasteiger partial charge in [-0.3, -0.25) is 14.0 Å². The topological polar surface area (TPSA) is 88.4 Å². The van der Waals surface area contributed by atoms with E-state index < -0.39 is 0 Å². The molecule has 0 aliphatic rings. The summed E-state index contributed by atoms with van der Waals surface area (Å²) in [6, 6.07) is 18.4. The van der Waals surface area contributed by atoms with Gasteiger partial charge in [0.05, 0.1) is 11.3 Å². The number of aryl methyl sites for hydroxylation is 1. The van der Waals surface area contributed by atoms with E-state index in [0.717, 1.165) is 21.4 Å². The number of aromatic nitrogens is 3. The summed E-state index contributed by atoms with van der Waals surface area (Å²) in [4.78, 5) is 24.9. The third-order valence-electron chi connectivity index (χ3n) is 4.37. The molecule has 4 rings (SSSR count). The molecule has 156 valence electrons. The minimum Gasteiger partial charge on any atom is -0.325 e. The average Bonchev–Trinajstić information content (AvgIpc) is 3.16. The standard InChI is InChI=1S/C22H18BrN5O2S/c1-14-3-2-4-18(11-14)25-21(30)15-5-10-19-26-27-22(28(19)12-15)31-13-20(29)24-17-8-6-16(23)7-9-17/h2-12H,13H2,1H3,(H,24,29)(H,25,30). The van der Waals surface area contributed by atoms with E-state index in [-0.39, 0.29) is 17.6 Å². The van der Waals surface area contributed by atoms with Gasteiger partial charge in [0.15, 0.2) is 10.8 Å². The van der Waals surface area contributed by atoms with Crippen molar-refractivity contribution in [2.24, 2.45) is 0 Å². The molecule has 7 nitrogen and oxygen atoms in total. The zero-order valence-electron chi connectivity index (χ0n) is 16.5. The van der Waals surface area contributed by atoms with Crippen molar-refractivity contribution in [3.05, 3.63) is 82.5 Å². The first-order valence-corrected chi connectivity index (χ1v) is 11.2. The number of halogens is 1. The van der Waals surface area contributed by atoms with Crippen LogP contribution in [0.25, 0.3) is 5.65 Å². The molecule has 2 aromatic heterocycles. The summed E-state index contributed by atoms with van der Waals surface area (Å²) in [5, 5.41) is 14.5. The summed E-state index contributed by atoms with van der Waals surface area (Å²) < 4.78 is 2.65. The van der Waals surface area contributed by atoms with Crippen LogP contribution in [0.2, 0.25) is 0 Å². The Balaban J connectivity index is 1.44. The molecule has 2 amide bonds. The third-order valence-corrected chi connectivity index (χ3v) is 5.84. The van der Waals surface area contributed by atoms with E-state index in [4.69, 9.17) is 0 Å². The summed E-state index contributed by atoms with van der Waals surface area (Å²) in [6.07, 6.45) is 1.68. The predicted molar refractivity (Wildman–Crippen MR) is 126 cm³/mol. The lowest BCUT2D eigenvalue weighted by atomic mass is 10.2. The van der Waals surface area contributed by atoms with Gasteiger partial charge in [-0.1, -0.05) is 39.8 Å². The Bertz CT molecular complexity index is 1260. The van der Waals surface area contributed by atoms with Crippen molar-refractivity contribution >= 4 is 56.5 Å². The lowest BCUT2D eigenvalue weighted by molar-refractivity contribution is -0.113. The van der Waals surface area contributed by atoms with E-state index in [0.29, 0.717) is 16.4 Å². The number of nitrogens with one attached hydrogen (secondary N) is 2. The summed E-state index contributed by atoms with van der Waals surface area (Å²) in [5.41, 5.74) is 3.58. The smallest absolute Gasteiger partial charge is 0.257 e. The van der Waals surface area contributed by atoms with Gasteiger partial charge in [0.1, 0.15) is 0 Å².